The number of fused-ring (bicyclic) bond motifs is 1. The highest BCUT2D eigenvalue weighted by atomic mass is 32.1. The van der Waals surface area contributed by atoms with Crippen LogP contribution in [0.15, 0.2) is 29.6 Å². The van der Waals surface area contributed by atoms with E-state index in [-0.39, 0.29) is 0 Å². The summed E-state index contributed by atoms with van der Waals surface area (Å²) in [4.78, 5) is 4.11. The van der Waals surface area contributed by atoms with Crippen LogP contribution in [0.25, 0.3) is 0 Å². The van der Waals surface area contributed by atoms with Crippen LogP contribution in [0.5, 0.6) is 0 Å². The molecule has 0 saturated heterocycles. The zero-order valence-electron chi connectivity index (χ0n) is 13.0. The van der Waals surface area contributed by atoms with Crippen molar-refractivity contribution in [3.63, 3.8) is 0 Å². The van der Waals surface area contributed by atoms with Gasteiger partial charge in [0.1, 0.15) is 0 Å². The first-order valence-corrected chi connectivity index (χ1v) is 8.76. The van der Waals surface area contributed by atoms with Crippen molar-refractivity contribution in [1.82, 2.24) is 5.32 Å². The largest absolute Gasteiger partial charge is 0.367 e. The van der Waals surface area contributed by atoms with Crippen LogP contribution in [0.4, 0.5) is 5.69 Å². The molecular formula is C18H24N2S. The Balaban J connectivity index is 1.81. The average molecular weight is 300 g/mol. The first-order chi connectivity index (χ1) is 10.3. The number of thiophene rings is 1. The van der Waals surface area contributed by atoms with Gasteiger partial charge in [0.05, 0.1) is 0 Å². The Hall–Kier alpha value is -1.32. The minimum atomic E-state index is 0.970. The monoisotopic (exact) mass is 300 g/mol. The number of nitrogens with one attached hydrogen (secondary N) is 1. The maximum absolute atomic E-state index is 3.55. The Bertz CT molecular complexity index is 603. The van der Waals surface area contributed by atoms with Gasteiger partial charge in [0.15, 0.2) is 0 Å². The molecule has 112 valence electrons. The summed E-state index contributed by atoms with van der Waals surface area (Å²) in [7, 11) is 0. The van der Waals surface area contributed by atoms with Crippen LogP contribution in [0.2, 0.25) is 0 Å². The summed E-state index contributed by atoms with van der Waals surface area (Å²) in [5.74, 6) is 0. The Labute approximate surface area is 131 Å². The van der Waals surface area contributed by atoms with Crippen molar-refractivity contribution in [2.24, 2.45) is 0 Å². The quantitative estimate of drug-likeness (QED) is 0.836. The molecule has 0 fully saturated rings. The van der Waals surface area contributed by atoms with Crippen molar-refractivity contribution >= 4 is 17.0 Å². The SMILES string of the molecule is CCCNCc1cc(C)ccc1N1CCc2sccc2C1. The first kappa shape index (κ1) is 14.6. The molecule has 0 radical (unpaired) electrons. The van der Waals surface area contributed by atoms with Gasteiger partial charge in [-0.3, -0.25) is 0 Å². The van der Waals surface area contributed by atoms with E-state index in [0.717, 1.165) is 26.2 Å². The van der Waals surface area contributed by atoms with E-state index < -0.39 is 0 Å². The topological polar surface area (TPSA) is 15.3 Å². The standard InChI is InChI=1S/C18H24N2S/c1-3-8-19-12-16-11-14(2)4-5-17(16)20-9-6-18-15(13-20)7-10-21-18/h4-5,7,10-11,19H,3,6,8-9,12-13H2,1-2H3. The first-order valence-electron chi connectivity index (χ1n) is 7.88. The lowest BCUT2D eigenvalue weighted by atomic mass is 10.0. The van der Waals surface area contributed by atoms with Gasteiger partial charge in [0, 0.05) is 30.2 Å². The summed E-state index contributed by atoms with van der Waals surface area (Å²) in [5.41, 5.74) is 5.70. The van der Waals surface area contributed by atoms with Gasteiger partial charge in [-0.15, -0.1) is 11.3 Å². The Morgan fingerprint density at radius 2 is 2.19 bits per heavy atom. The number of benzene rings is 1. The highest BCUT2D eigenvalue weighted by molar-refractivity contribution is 7.10. The lowest BCUT2D eigenvalue weighted by Crippen LogP contribution is -2.30. The molecule has 0 amide bonds. The predicted octanol–water partition coefficient (Wildman–Crippen LogP) is 4.12. The third kappa shape index (κ3) is 3.30. The number of rotatable bonds is 5. The maximum Gasteiger partial charge on any atom is 0.0440 e. The van der Waals surface area contributed by atoms with Crippen LogP contribution in [0.1, 0.15) is 34.9 Å². The van der Waals surface area contributed by atoms with Gasteiger partial charge in [-0.1, -0.05) is 24.6 Å². The second-order valence-electron chi connectivity index (χ2n) is 5.85. The van der Waals surface area contributed by atoms with Gasteiger partial charge >= 0.3 is 0 Å². The van der Waals surface area contributed by atoms with Gasteiger partial charge in [0.25, 0.3) is 0 Å². The zero-order valence-corrected chi connectivity index (χ0v) is 13.8. The highest BCUT2D eigenvalue weighted by Crippen LogP contribution is 2.30. The molecule has 0 aliphatic carbocycles. The number of anilines is 1. The maximum atomic E-state index is 3.55. The molecule has 0 saturated carbocycles. The van der Waals surface area contributed by atoms with E-state index in [1.165, 1.54) is 35.2 Å². The molecule has 0 spiro atoms. The molecule has 2 nitrogen and oxygen atoms in total. The molecule has 0 unspecified atom stereocenters. The molecule has 0 atom stereocenters. The lowest BCUT2D eigenvalue weighted by molar-refractivity contribution is 0.667. The van der Waals surface area contributed by atoms with Crippen molar-refractivity contribution in [2.45, 2.75) is 39.8 Å². The Kier molecular flexibility index (Phi) is 4.61. The molecule has 1 N–H and O–H groups in total. The van der Waals surface area contributed by atoms with Gasteiger partial charge in [0.2, 0.25) is 0 Å². The van der Waals surface area contributed by atoms with Crippen LogP contribution in [-0.4, -0.2) is 13.1 Å². The molecule has 3 heteroatoms. The molecule has 1 aliphatic rings. The molecule has 0 bridgehead atoms. The smallest absolute Gasteiger partial charge is 0.0440 e. The van der Waals surface area contributed by atoms with E-state index in [1.807, 2.05) is 11.3 Å². The van der Waals surface area contributed by atoms with Crippen LogP contribution in [0.3, 0.4) is 0 Å². The number of nitrogens with zero attached hydrogens (tertiary/aromatic N) is 1. The predicted molar refractivity (Wildman–Crippen MR) is 92.2 cm³/mol. The van der Waals surface area contributed by atoms with Gasteiger partial charge in [-0.05, 0) is 54.9 Å². The molecule has 2 aromatic rings. The summed E-state index contributed by atoms with van der Waals surface area (Å²) >= 11 is 1.91. The Morgan fingerprint density at radius 3 is 3.05 bits per heavy atom. The van der Waals surface area contributed by atoms with E-state index in [0.29, 0.717) is 0 Å². The summed E-state index contributed by atoms with van der Waals surface area (Å²) in [6.45, 7) is 8.65. The second kappa shape index (κ2) is 6.63. The Morgan fingerprint density at radius 1 is 1.29 bits per heavy atom. The average Bonchev–Trinajstić information content (AvgIpc) is 2.95. The van der Waals surface area contributed by atoms with Crippen molar-refractivity contribution in [2.75, 3.05) is 18.0 Å². The number of aryl methyl sites for hydroxylation is 1. The molecule has 21 heavy (non-hydrogen) atoms. The van der Waals surface area contributed by atoms with Crippen molar-refractivity contribution in [3.05, 3.63) is 51.2 Å². The number of hydrogen-bond donors (Lipinski definition) is 1. The molecule has 3 rings (SSSR count). The van der Waals surface area contributed by atoms with Crippen molar-refractivity contribution in [1.29, 1.82) is 0 Å². The fraction of sp³-hybridized carbons (Fsp3) is 0.444. The number of hydrogen-bond acceptors (Lipinski definition) is 3. The van der Waals surface area contributed by atoms with E-state index in [9.17, 15) is 0 Å². The van der Waals surface area contributed by atoms with Crippen LogP contribution in [-0.2, 0) is 19.5 Å². The van der Waals surface area contributed by atoms with Crippen LogP contribution < -0.4 is 10.2 Å². The second-order valence-corrected chi connectivity index (χ2v) is 6.85. The lowest BCUT2D eigenvalue weighted by Gasteiger charge is -2.31. The van der Waals surface area contributed by atoms with Crippen LogP contribution in [0, 0.1) is 6.92 Å². The van der Waals surface area contributed by atoms with Gasteiger partial charge in [-0.2, -0.15) is 0 Å². The van der Waals surface area contributed by atoms with E-state index in [2.05, 4.69) is 53.7 Å². The fourth-order valence-corrected chi connectivity index (χ4v) is 3.91. The fourth-order valence-electron chi connectivity index (χ4n) is 3.02. The van der Waals surface area contributed by atoms with Crippen molar-refractivity contribution < 1.29 is 0 Å². The third-order valence-corrected chi connectivity index (χ3v) is 5.15. The molecule has 1 aromatic heterocycles. The molecule has 1 aromatic carbocycles. The van der Waals surface area contributed by atoms with Crippen molar-refractivity contribution in [3.8, 4) is 0 Å². The zero-order chi connectivity index (χ0) is 14.7. The van der Waals surface area contributed by atoms with Gasteiger partial charge in [-0.25, -0.2) is 0 Å². The van der Waals surface area contributed by atoms with E-state index in [1.54, 1.807) is 4.88 Å². The summed E-state index contributed by atoms with van der Waals surface area (Å²) in [5, 5.41) is 5.78. The molecular weight excluding hydrogens is 276 g/mol. The molecule has 2 heterocycles. The third-order valence-electron chi connectivity index (χ3n) is 4.13. The molecule has 1 aliphatic heterocycles. The minimum Gasteiger partial charge on any atom is -0.367 e. The van der Waals surface area contributed by atoms with E-state index in [4.69, 9.17) is 0 Å². The normalized spacial score (nSPS) is 14.3. The van der Waals surface area contributed by atoms with Gasteiger partial charge < -0.3 is 10.2 Å². The highest BCUT2D eigenvalue weighted by Gasteiger charge is 2.19. The summed E-state index contributed by atoms with van der Waals surface area (Å²) in [6.07, 6.45) is 2.37. The minimum absolute atomic E-state index is 0.970. The van der Waals surface area contributed by atoms with E-state index >= 15 is 0 Å². The summed E-state index contributed by atoms with van der Waals surface area (Å²) < 4.78 is 0. The van der Waals surface area contributed by atoms with Crippen LogP contribution >= 0.6 is 11.3 Å². The summed E-state index contributed by atoms with van der Waals surface area (Å²) in [6, 6.07) is 9.16.